The average Bonchev–Trinajstić information content (AvgIpc) is 3.28. The van der Waals surface area contributed by atoms with Crippen molar-refractivity contribution < 1.29 is 14.3 Å². The van der Waals surface area contributed by atoms with Crippen LogP contribution in [0.15, 0.2) is 48.5 Å². The summed E-state index contributed by atoms with van der Waals surface area (Å²) < 4.78 is 5.61. The monoisotopic (exact) mass is 488 g/mol. The maximum atomic E-state index is 13.4. The van der Waals surface area contributed by atoms with Gasteiger partial charge in [0, 0.05) is 23.5 Å². The van der Waals surface area contributed by atoms with E-state index in [-0.39, 0.29) is 18.6 Å². The Balaban J connectivity index is 1.42. The summed E-state index contributed by atoms with van der Waals surface area (Å²) >= 11 is 6.03. The molecule has 2 aliphatic rings. The van der Waals surface area contributed by atoms with Crippen molar-refractivity contribution in [2.24, 2.45) is 0 Å². The quantitative estimate of drug-likeness (QED) is 0.394. The highest BCUT2D eigenvalue weighted by Crippen LogP contribution is 2.38. The van der Waals surface area contributed by atoms with Gasteiger partial charge in [0.1, 0.15) is 0 Å². The van der Waals surface area contributed by atoms with Gasteiger partial charge in [0.2, 0.25) is 0 Å². The lowest BCUT2D eigenvalue weighted by Gasteiger charge is -2.31. The van der Waals surface area contributed by atoms with E-state index in [1.165, 1.54) is 6.42 Å². The van der Waals surface area contributed by atoms with Crippen molar-refractivity contribution >= 4 is 46.0 Å². The molecule has 2 aromatic carbocycles. The summed E-state index contributed by atoms with van der Waals surface area (Å²) in [6.45, 7) is -0.245. The number of aromatic nitrogens is 1. The molecule has 1 aromatic heterocycles. The number of nitrogens with zero attached hydrogens (tertiary/aromatic N) is 2. The molecule has 180 valence electrons. The lowest BCUT2D eigenvalue weighted by molar-refractivity contribution is -0.135. The molecule has 2 aliphatic carbocycles. The first-order chi connectivity index (χ1) is 17.0. The highest BCUT2D eigenvalue weighted by molar-refractivity contribution is 6.30. The Bertz CT molecular complexity index is 1290. The summed E-state index contributed by atoms with van der Waals surface area (Å²) in [4.78, 5) is 32.8. The number of rotatable bonds is 5. The van der Waals surface area contributed by atoms with E-state index in [0.29, 0.717) is 17.0 Å². The standard InChI is InChI=1S/C29H29ClN2O3/c1-32(22-7-3-2-4-8-22)26(33)18-35-29(34)27-23-9-5-6-10-25(23)31-28-20(13-16-24(27)28)17-19-11-14-21(30)15-12-19/h5-6,9-12,14-15,17,22H,2-4,7-8,13,16,18H2,1H3/b20-17-. The minimum Gasteiger partial charge on any atom is -0.452 e. The number of likely N-dealkylation sites (N-methyl/N-ethyl adjacent to an activating group) is 1. The lowest BCUT2D eigenvalue weighted by atomic mass is 9.94. The van der Waals surface area contributed by atoms with Crippen molar-refractivity contribution in [3.05, 3.63) is 75.9 Å². The van der Waals surface area contributed by atoms with Gasteiger partial charge in [-0.1, -0.05) is 61.2 Å². The van der Waals surface area contributed by atoms with Gasteiger partial charge in [0.05, 0.1) is 16.8 Å². The fourth-order valence-corrected chi connectivity index (χ4v) is 5.37. The van der Waals surface area contributed by atoms with Gasteiger partial charge in [-0.15, -0.1) is 0 Å². The number of carbonyl (C=O) groups excluding carboxylic acids is 2. The van der Waals surface area contributed by atoms with Gasteiger partial charge >= 0.3 is 5.97 Å². The number of para-hydroxylation sites is 1. The van der Waals surface area contributed by atoms with E-state index in [1.807, 2.05) is 55.6 Å². The van der Waals surface area contributed by atoms with Gasteiger partial charge < -0.3 is 9.64 Å². The number of esters is 1. The van der Waals surface area contributed by atoms with Gasteiger partial charge in [-0.3, -0.25) is 4.79 Å². The first-order valence-corrected chi connectivity index (χ1v) is 12.7. The molecule has 0 N–H and O–H groups in total. The summed E-state index contributed by atoms with van der Waals surface area (Å²) in [5.41, 5.74) is 5.10. The van der Waals surface area contributed by atoms with Crippen LogP contribution < -0.4 is 0 Å². The number of carbonyl (C=O) groups is 2. The number of hydrogen-bond acceptors (Lipinski definition) is 4. The number of pyridine rings is 1. The second-order valence-corrected chi connectivity index (χ2v) is 9.86. The molecule has 1 amide bonds. The van der Waals surface area contributed by atoms with E-state index in [2.05, 4.69) is 6.08 Å². The Morgan fingerprint density at radius 3 is 2.57 bits per heavy atom. The summed E-state index contributed by atoms with van der Waals surface area (Å²) in [6.07, 6.45) is 9.12. The van der Waals surface area contributed by atoms with Gasteiger partial charge in [-0.05, 0) is 66.7 Å². The molecule has 0 unspecified atom stereocenters. The first kappa shape index (κ1) is 23.6. The molecular weight excluding hydrogens is 460 g/mol. The molecular formula is C29H29ClN2O3. The third kappa shape index (κ3) is 4.96. The number of allylic oxidation sites excluding steroid dienone is 1. The lowest BCUT2D eigenvalue weighted by Crippen LogP contribution is -2.40. The number of halogens is 1. The normalized spacial score (nSPS) is 16.9. The topological polar surface area (TPSA) is 59.5 Å². The number of fused-ring (bicyclic) bond motifs is 2. The van der Waals surface area contributed by atoms with E-state index in [9.17, 15) is 9.59 Å². The molecule has 0 saturated heterocycles. The largest absolute Gasteiger partial charge is 0.452 e. The molecule has 6 heteroatoms. The third-order valence-electron chi connectivity index (χ3n) is 7.20. The van der Waals surface area contributed by atoms with Crippen LogP contribution in [0.5, 0.6) is 0 Å². The fourth-order valence-electron chi connectivity index (χ4n) is 5.25. The second kappa shape index (κ2) is 10.2. The maximum Gasteiger partial charge on any atom is 0.339 e. The van der Waals surface area contributed by atoms with Crippen molar-refractivity contribution in [1.29, 1.82) is 0 Å². The predicted octanol–water partition coefficient (Wildman–Crippen LogP) is 6.32. The third-order valence-corrected chi connectivity index (χ3v) is 7.45. The summed E-state index contributed by atoms with van der Waals surface area (Å²) in [5, 5.41) is 1.45. The van der Waals surface area contributed by atoms with Crippen molar-refractivity contribution in [3.63, 3.8) is 0 Å². The van der Waals surface area contributed by atoms with Crippen molar-refractivity contribution in [1.82, 2.24) is 9.88 Å². The van der Waals surface area contributed by atoms with Gasteiger partial charge in [-0.2, -0.15) is 0 Å². The SMILES string of the molecule is CN(C(=O)COC(=O)c1c2c(nc3ccccc13)/C(=C\c1ccc(Cl)cc1)CC2)C1CCCCC1. The predicted molar refractivity (Wildman–Crippen MR) is 139 cm³/mol. The fraction of sp³-hybridized carbons (Fsp3) is 0.345. The van der Waals surface area contributed by atoms with Crippen LogP contribution in [-0.2, 0) is 16.0 Å². The van der Waals surface area contributed by atoms with Gasteiger partial charge in [0.15, 0.2) is 6.61 Å². The van der Waals surface area contributed by atoms with Crippen LogP contribution in [0.1, 0.15) is 65.7 Å². The zero-order valence-corrected chi connectivity index (χ0v) is 20.7. The average molecular weight is 489 g/mol. The minimum absolute atomic E-state index is 0.149. The number of hydrogen-bond donors (Lipinski definition) is 0. The minimum atomic E-state index is -0.460. The summed E-state index contributed by atoms with van der Waals surface area (Å²) in [7, 11) is 1.82. The number of ether oxygens (including phenoxy) is 1. The number of benzene rings is 2. The van der Waals surface area contributed by atoms with Crippen molar-refractivity contribution in [2.75, 3.05) is 13.7 Å². The Morgan fingerprint density at radius 2 is 1.80 bits per heavy atom. The smallest absolute Gasteiger partial charge is 0.339 e. The second-order valence-electron chi connectivity index (χ2n) is 9.42. The van der Waals surface area contributed by atoms with Crippen LogP contribution in [0.2, 0.25) is 5.02 Å². The Labute approximate surface area is 210 Å². The highest BCUT2D eigenvalue weighted by Gasteiger charge is 2.29. The highest BCUT2D eigenvalue weighted by atomic mass is 35.5. The van der Waals surface area contributed by atoms with Gasteiger partial charge in [-0.25, -0.2) is 9.78 Å². The first-order valence-electron chi connectivity index (χ1n) is 12.3. The van der Waals surface area contributed by atoms with Crippen LogP contribution >= 0.6 is 11.6 Å². The maximum absolute atomic E-state index is 13.4. The molecule has 0 aliphatic heterocycles. The zero-order chi connectivity index (χ0) is 24.4. The Kier molecular flexibility index (Phi) is 6.87. The van der Waals surface area contributed by atoms with Gasteiger partial charge in [0.25, 0.3) is 5.91 Å². The van der Waals surface area contributed by atoms with Crippen molar-refractivity contribution in [2.45, 2.75) is 51.0 Å². The van der Waals surface area contributed by atoms with E-state index in [4.69, 9.17) is 21.3 Å². The van der Waals surface area contributed by atoms with Crippen molar-refractivity contribution in [3.8, 4) is 0 Å². The van der Waals surface area contributed by atoms with E-state index >= 15 is 0 Å². The van der Waals surface area contributed by atoms with Crippen LogP contribution in [0.25, 0.3) is 22.6 Å². The molecule has 0 radical (unpaired) electrons. The Hall–Kier alpha value is -3.18. The molecule has 0 atom stereocenters. The van der Waals surface area contributed by atoms with Crippen LogP contribution in [0, 0.1) is 0 Å². The van der Waals surface area contributed by atoms with E-state index in [0.717, 1.165) is 65.4 Å². The van der Waals surface area contributed by atoms with E-state index < -0.39 is 5.97 Å². The summed E-state index contributed by atoms with van der Waals surface area (Å²) in [6, 6.07) is 15.5. The molecule has 5 rings (SSSR count). The van der Waals surface area contributed by atoms with E-state index in [1.54, 1.807) is 4.90 Å². The molecule has 3 aromatic rings. The zero-order valence-electron chi connectivity index (χ0n) is 19.9. The summed E-state index contributed by atoms with van der Waals surface area (Å²) in [5.74, 6) is -0.610. The Morgan fingerprint density at radius 1 is 1.06 bits per heavy atom. The van der Waals surface area contributed by atoms with Crippen LogP contribution in [0.3, 0.4) is 0 Å². The number of amides is 1. The molecule has 0 bridgehead atoms. The molecule has 5 nitrogen and oxygen atoms in total. The molecule has 1 heterocycles. The van der Waals surface area contributed by atoms with Crippen LogP contribution in [-0.4, -0.2) is 41.5 Å². The molecule has 0 spiro atoms. The molecule has 1 fully saturated rings. The van der Waals surface area contributed by atoms with Crippen LogP contribution in [0.4, 0.5) is 0 Å². The molecule has 35 heavy (non-hydrogen) atoms. The molecule has 1 saturated carbocycles.